The van der Waals surface area contributed by atoms with Crippen LogP contribution in [0.2, 0.25) is 0 Å². The summed E-state index contributed by atoms with van der Waals surface area (Å²) in [5.41, 5.74) is 3.72. The van der Waals surface area contributed by atoms with E-state index in [9.17, 15) is 0 Å². The van der Waals surface area contributed by atoms with Gasteiger partial charge >= 0.3 is 0 Å². The van der Waals surface area contributed by atoms with E-state index in [-0.39, 0.29) is 0 Å². The molecule has 0 heterocycles. The molecule has 0 spiro atoms. The maximum atomic E-state index is 2.20. The van der Waals surface area contributed by atoms with Gasteiger partial charge in [0.05, 0.1) is 0 Å². The lowest BCUT2D eigenvalue weighted by Crippen LogP contribution is -1.78. The summed E-state index contributed by atoms with van der Waals surface area (Å²) in [6, 6.07) is 19.0. The molecule has 0 atom stereocenters. The highest BCUT2D eigenvalue weighted by Crippen LogP contribution is 2.20. The van der Waals surface area contributed by atoms with Gasteiger partial charge in [0.1, 0.15) is 0 Å². The first-order chi connectivity index (χ1) is 9.40. The van der Waals surface area contributed by atoms with Crippen LogP contribution in [0, 0.1) is 0 Å². The molecule has 0 heteroatoms. The van der Waals surface area contributed by atoms with E-state index in [1.807, 2.05) is 37.3 Å². The van der Waals surface area contributed by atoms with Crippen molar-refractivity contribution in [3.8, 4) is 11.1 Å². The standard InChI is InChI=1S/C19H18/c1-2-3-4-5-7-11-17-12-10-15-19(16-17)18-13-8-6-9-14-18/h2-16H,1H3/b3-2-,5-4-,11-7?. The largest absolute Gasteiger partial charge is 0.0877 e. The topological polar surface area (TPSA) is 0 Å². The van der Waals surface area contributed by atoms with Gasteiger partial charge in [-0.1, -0.05) is 85.0 Å². The molecule has 94 valence electrons. The van der Waals surface area contributed by atoms with Crippen LogP contribution in [-0.2, 0) is 0 Å². The summed E-state index contributed by atoms with van der Waals surface area (Å²) in [6.07, 6.45) is 12.3. The normalized spacial score (nSPS) is 11.8. The second-order valence-corrected chi connectivity index (χ2v) is 4.26. The van der Waals surface area contributed by atoms with Crippen LogP contribution < -0.4 is 0 Å². The zero-order valence-corrected chi connectivity index (χ0v) is 11.2. The summed E-state index contributed by atoms with van der Waals surface area (Å²) in [6.45, 7) is 2.01. The van der Waals surface area contributed by atoms with E-state index in [0.717, 1.165) is 0 Å². The Hall–Kier alpha value is -2.34. The molecule has 2 rings (SSSR count). The van der Waals surface area contributed by atoms with Crippen LogP contribution >= 0.6 is 0 Å². The molecular weight excluding hydrogens is 228 g/mol. The van der Waals surface area contributed by atoms with Gasteiger partial charge in [0.15, 0.2) is 0 Å². The zero-order chi connectivity index (χ0) is 13.3. The minimum Gasteiger partial charge on any atom is -0.0877 e. The molecule has 0 saturated carbocycles. The second kappa shape index (κ2) is 7.17. The van der Waals surface area contributed by atoms with Gasteiger partial charge in [-0.15, -0.1) is 0 Å². The van der Waals surface area contributed by atoms with E-state index in [4.69, 9.17) is 0 Å². The molecule has 0 aliphatic heterocycles. The first-order valence-electron chi connectivity index (χ1n) is 6.51. The molecule has 0 N–H and O–H groups in total. The quantitative estimate of drug-likeness (QED) is 0.625. The summed E-state index contributed by atoms with van der Waals surface area (Å²) in [7, 11) is 0. The fraction of sp³-hybridized carbons (Fsp3) is 0.0526. The Kier molecular flexibility index (Phi) is 4.95. The third-order valence-electron chi connectivity index (χ3n) is 2.81. The predicted molar refractivity (Wildman–Crippen MR) is 84.9 cm³/mol. The Morgan fingerprint density at radius 2 is 1.42 bits per heavy atom. The average Bonchev–Trinajstić information content (AvgIpc) is 2.48. The van der Waals surface area contributed by atoms with Gasteiger partial charge in [0, 0.05) is 0 Å². The molecule has 0 bridgehead atoms. The van der Waals surface area contributed by atoms with Gasteiger partial charge in [-0.25, -0.2) is 0 Å². The lowest BCUT2D eigenvalue weighted by Gasteiger charge is -2.02. The molecular formula is C19H18. The molecule has 2 aromatic rings. The van der Waals surface area contributed by atoms with Crippen molar-refractivity contribution in [3.63, 3.8) is 0 Å². The fourth-order valence-electron chi connectivity index (χ4n) is 1.86. The Bertz CT molecular complexity index is 586. The van der Waals surface area contributed by atoms with Gasteiger partial charge in [-0.2, -0.15) is 0 Å². The molecule has 0 radical (unpaired) electrons. The number of rotatable bonds is 4. The van der Waals surface area contributed by atoms with Crippen LogP contribution in [0.1, 0.15) is 12.5 Å². The highest BCUT2D eigenvalue weighted by molar-refractivity contribution is 5.67. The van der Waals surface area contributed by atoms with Crippen LogP contribution in [0.3, 0.4) is 0 Å². The molecule has 0 amide bonds. The maximum Gasteiger partial charge on any atom is -0.0178 e. The molecule has 0 nitrogen and oxygen atoms in total. The van der Waals surface area contributed by atoms with Crippen molar-refractivity contribution in [3.05, 3.63) is 90.5 Å². The van der Waals surface area contributed by atoms with Crippen molar-refractivity contribution in [2.75, 3.05) is 0 Å². The Morgan fingerprint density at radius 3 is 2.21 bits per heavy atom. The molecule has 19 heavy (non-hydrogen) atoms. The smallest absolute Gasteiger partial charge is 0.0178 e. The van der Waals surface area contributed by atoms with Crippen LogP contribution in [0.5, 0.6) is 0 Å². The zero-order valence-electron chi connectivity index (χ0n) is 11.2. The van der Waals surface area contributed by atoms with Crippen molar-refractivity contribution in [1.82, 2.24) is 0 Å². The Labute approximate surface area is 115 Å². The van der Waals surface area contributed by atoms with E-state index in [2.05, 4.69) is 60.7 Å². The highest BCUT2D eigenvalue weighted by Gasteiger charge is 1.96. The average molecular weight is 246 g/mol. The summed E-state index contributed by atoms with van der Waals surface area (Å²) < 4.78 is 0. The van der Waals surface area contributed by atoms with Crippen LogP contribution in [-0.4, -0.2) is 0 Å². The molecule has 0 saturated heterocycles. The van der Waals surface area contributed by atoms with Gasteiger partial charge in [0.25, 0.3) is 0 Å². The predicted octanol–water partition coefficient (Wildman–Crippen LogP) is 5.50. The van der Waals surface area contributed by atoms with Gasteiger partial charge in [-0.3, -0.25) is 0 Å². The van der Waals surface area contributed by atoms with E-state index in [0.29, 0.717) is 0 Å². The molecule has 0 aliphatic carbocycles. The molecule has 0 aliphatic rings. The molecule has 0 unspecified atom stereocenters. The Morgan fingerprint density at radius 1 is 0.684 bits per heavy atom. The van der Waals surface area contributed by atoms with E-state index < -0.39 is 0 Å². The fourth-order valence-corrected chi connectivity index (χ4v) is 1.86. The SMILES string of the molecule is C/C=C\C=C/C=Cc1cccc(-c2ccccc2)c1. The van der Waals surface area contributed by atoms with Crippen LogP contribution in [0.15, 0.2) is 85.0 Å². The third kappa shape index (κ3) is 4.11. The number of hydrogen-bond acceptors (Lipinski definition) is 0. The number of hydrogen-bond donors (Lipinski definition) is 0. The van der Waals surface area contributed by atoms with E-state index >= 15 is 0 Å². The monoisotopic (exact) mass is 246 g/mol. The van der Waals surface area contributed by atoms with E-state index in [1.54, 1.807) is 0 Å². The summed E-state index contributed by atoms with van der Waals surface area (Å²) in [5.74, 6) is 0. The highest BCUT2D eigenvalue weighted by atomic mass is 14.0. The van der Waals surface area contributed by atoms with Crippen molar-refractivity contribution < 1.29 is 0 Å². The first-order valence-corrected chi connectivity index (χ1v) is 6.51. The minimum atomic E-state index is 1.21. The van der Waals surface area contributed by atoms with Gasteiger partial charge in [0.2, 0.25) is 0 Å². The summed E-state index contributed by atoms with van der Waals surface area (Å²) >= 11 is 0. The third-order valence-corrected chi connectivity index (χ3v) is 2.81. The number of allylic oxidation sites excluding steroid dienone is 5. The Balaban J connectivity index is 2.16. The first kappa shape index (κ1) is 13.1. The van der Waals surface area contributed by atoms with Crippen molar-refractivity contribution >= 4 is 6.08 Å². The van der Waals surface area contributed by atoms with Gasteiger partial charge in [-0.05, 0) is 29.7 Å². The summed E-state index contributed by atoms with van der Waals surface area (Å²) in [5, 5.41) is 0. The molecule has 2 aromatic carbocycles. The van der Waals surface area contributed by atoms with Crippen molar-refractivity contribution in [2.24, 2.45) is 0 Å². The summed E-state index contributed by atoms with van der Waals surface area (Å²) in [4.78, 5) is 0. The van der Waals surface area contributed by atoms with E-state index in [1.165, 1.54) is 16.7 Å². The van der Waals surface area contributed by atoms with Crippen LogP contribution in [0.4, 0.5) is 0 Å². The lowest BCUT2D eigenvalue weighted by molar-refractivity contribution is 1.60. The lowest BCUT2D eigenvalue weighted by atomic mass is 10.0. The maximum absolute atomic E-state index is 2.20. The van der Waals surface area contributed by atoms with Crippen LogP contribution in [0.25, 0.3) is 17.2 Å². The van der Waals surface area contributed by atoms with Crippen molar-refractivity contribution in [1.29, 1.82) is 0 Å². The second-order valence-electron chi connectivity index (χ2n) is 4.26. The van der Waals surface area contributed by atoms with Crippen molar-refractivity contribution in [2.45, 2.75) is 6.92 Å². The minimum absolute atomic E-state index is 1.21. The number of benzene rings is 2. The molecule has 0 fully saturated rings. The molecule has 0 aromatic heterocycles. The van der Waals surface area contributed by atoms with Gasteiger partial charge < -0.3 is 0 Å².